The van der Waals surface area contributed by atoms with Crippen LogP contribution in [-0.2, 0) is 17.8 Å². The Morgan fingerprint density at radius 2 is 2.14 bits per heavy atom. The fraction of sp³-hybridized carbons (Fsp3) is 0.778. The van der Waals surface area contributed by atoms with E-state index in [1.807, 2.05) is 14.0 Å². The Hall–Kier alpha value is -0.940. The van der Waals surface area contributed by atoms with Crippen molar-refractivity contribution in [3.63, 3.8) is 0 Å². The summed E-state index contributed by atoms with van der Waals surface area (Å²) in [4.78, 5) is 0. The van der Waals surface area contributed by atoms with Gasteiger partial charge in [0.05, 0.1) is 0 Å². The minimum Gasteiger partial charge on any atom is -0.423 e. The molecule has 0 fully saturated rings. The van der Waals surface area contributed by atoms with Gasteiger partial charge in [0.1, 0.15) is 6.61 Å². The molecule has 0 amide bonds. The van der Waals surface area contributed by atoms with Gasteiger partial charge < -0.3 is 14.5 Å². The molecule has 1 N–H and O–H groups in total. The van der Waals surface area contributed by atoms with Crippen molar-refractivity contribution in [1.29, 1.82) is 0 Å². The van der Waals surface area contributed by atoms with Gasteiger partial charge in [0.15, 0.2) is 0 Å². The maximum absolute atomic E-state index is 5.36. The summed E-state index contributed by atoms with van der Waals surface area (Å²) in [5, 5.41) is 10.9. The second-order valence-corrected chi connectivity index (χ2v) is 2.93. The third-order valence-electron chi connectivity index (χ3n) is 1.76. The van der Waals surface area contributed by atoms with Crippen molar-refractivity contribution in [2.75, 3.05) is 20.2 Å². The topological polar surface area (TPSA) is 60.2 Å². The van der Waals surface area contributed by atoms with Crippen molar-refractivity contribution in [1.82, 2.24) is 15.5 Å². The molecule has 1 heterocycles. The van der Waals surface area contributed by atoms with E-state index in [4.69, 9.17) is 9.15 Å². The van der Waals surface area contributed by atoms with Crippen molar-refractivity contribution in [2.24, 2.45) is 0 Å². The molecule has 0 bridgehead atoms. The van der Waals surface area contributed by atoms with Gasteiger partial charge in [-0.15, -0.1) is 10.2 Å². The zero-order chi connectivity index (χ0) is 10.2. The Labute approximate surface area is 83.9 Å². The van der Waals surface area contributed by atoms with Crippen LogP contribution in [0.4, 0.5) is 0 Å². The highest BCUT2D eigenvalue weighted by molar-refractivity contribution is 4.80. The predicted molar refractivity (Wildman–Crippen MR) is 51.9 cm³/mol. The summed E-state index contributed by atoms with van der Waals surface area (Å²) in [6, 6.07) is 0. The van der Waals surface area contributed by atoms with E-state index in [2.05, 4.69) is 15.5 Å². The van der Waals surface area contributed by atoms with E-state index in [0.29, 0.717) is 25.0 Å². The minimum atomic E-state index is 0.412. The lowest BCUT2D eigenvalue weighted by Gasteiger charge is -1.95. The molecular formula is C9H17N3O2. The van der Waals surface area contributed by atoms with Crippen molar-refractivity contribution in [3.8, 4) is 0 Å². The van der Waals surface area contributed by atoms with Crippen LogP contribution >= 0.6 is 0 Å². The third kappa shape index (κ3) is 3.85. The Balaban J connectivity index is 2.27. The molecule has 80 valence electrons. The van der Waals surface area contributed by atoms with Crippen LogP contribution in [-0.4, -0.2) is 30.4 Å². The molecule has 0 saturated heterocycles. The van der Waals surface area contributed by atoms with Crippen LogP contribution in [0.3, 0.4) is 0 Å². The normalized spacial score (nSPS) is 10.7. The molecule has 0 aromatic carbocycles. The Bertz CT molecular complexity index is 250. The highest BCUT2D eigenvalue weighted by atomic mass is 16.5. The summed E-state index contributed by atoms with van der Waals surface area (Å²) >= 11 is 0. The molecule has 0 saturated carbocycles. The molecule has 0 aliphatic carbocycles. The molecule has 0 radical (unpaired) electrons. The zero-order valence-electron chi connectivity index (χ0n) is 8.75. The number of aromatic nitrogens is 2. The molecule has 0 atom stereocenters. The number of hydrogen-bond donors (Lipinski definition) is 1. The molecule has 5 heteroatoms. The van der Waals surface area contributed by atoms with Gasteiger partial charge in [0.2, 0.25) is 11.8 Å². The SMILES string of the molecule is CCOCc1nnc(CCCNC)o1. The van der Waals surface area contributed by atoms with Gasteiger partial charge in [-0.25, -0.2) is 0 Å². The quantitative estimate of drug-likeness (QED) is 0.657. The van der Waals surface area contributed by atoms with Crippen molar-refractivity contribution in [3.05, 3.63) is 11.8 Å². The predicted octanol–water partition coefficient (Wildman–Crippen LogP) is 0.758. The first-order chi connectivity index (χ1) is 6.86. The molecular weight excluding hydrogens is 182 g/mol. The number of ether oxygens (including phenoxy) is 1. The van der Waals surface area contributed by atoms with Crippen LogP contribution in [0.5, 0.6) is 0 Å². The average Bonchev–Trinajstić information content (AvgIpc) is 2.63. The summed E-state index contributed by atoms with van der Waals surface area (Å²) in [7, 11) is 1.92. The van der Waals surface area contributed by atoms with Gasteiger partial charge in [0.25, 0.3) is 0 Å². The van der Waals surface area contributed by atoms with Crippen LogP contribution in [0.25, 0.3) is 0 Å². The molecule has 1 rings (SSSR count). The number of nitrogens with one attached hydrogen (secondary N) is 1. The zero-order valence-corrected chi connectivity index (χ0v) is 8.75. The van der Waals surface area contributed by atoms with E-state index in [1.54, 1.807) is 0 Å². The number of rotatable bonds is 7. The van der Waals surface area contributed by atoms with Gasteiger partial charge in [0, 0.05) is 13.0 Å². The highest BCUT2D eigenvalue weighted by Crippen LogP contribution is 2.03. The lowest BCUT2D eigenvalue weighted by Crippen LogP contribution is -2.08. The molecule has 0 spiro atoms. The van der Waals surface area contributed by atoms with E-state index in [-0.39, 0.29) is 0 Å². The monoisotopic (exact) mass is 199 g/mol. The van der Waals surface area contributed by atoms with Crippen LogP contribution in [0.15, 0.2) is 4.42 Å². The van der Waals surface area contributed by atoms with Crippen LogP contribution < -0.4 is 5.32 Å². The maximum Gasteiger partial charge on any atom is 0.242 e. The van der Waals surface area contributed by atoms with E-state index in [0.717, 1.165) is 19.4 Å². The average molecular weight is 199 g/mol. The minimum absolute atomic E-state index is 0.412. The summed E-state index contributed by atoms with van der Waals surface area (Å²) in [5.74, 6) is 1.25. The first kappa shape index (κ1) is 11.1. The lowest BCUT2D eigenvalue weighted by atomic mass is 10.3. The Morgan fingerprint density at radius 3 is 2.86 bits per heavy atom. The molecule has 14 heavy (non-hydrogen) atoms. The number of aryl methyl sites for hydroxylation is 1. The van der Waals surface area contributed by atoms with Gasteiger partial charge >= 0.3 is 0 Å². The molecule has 5 nitrogen and oxygen atoms in total. The molecule has 0 aliphatic heterocycles. The summed E-state index contributed by atoms with van der Waals surface area (Å²) in [6.45, 7) is 3.97. The van der Waals surface area contributed by atoms with Crippen LogP contribution in [0.2, 0.25) is 0 Å². The first-order valence-electron chi connectivity index (χ1n) is 4.90. The van der Waals surface area contributed by atoms with Crippen molar-refractivity contribution in [2.45, 2.75) is 26.4 Å². The van der Waals surface area contributed by atoms with Gasteiger partial charge in [-0.2, -0.15) is 0 Å². The summed E-state index contributed by atoms with van der Waals surface area (Å²) in [6.07, 6.45) is 1.83. The first-order valence-corrected chi connectivity index (χ1v) is 4.90. The van der Waals surface area contributed by atoms with Crippen LogP contribution in [0.1, 0.15) is 25.1 Å². The molecule has 0 aliphatic rings. The van der Waals surface area contributed by atoms with Crippen molar-refractivity contribution < 1.29 is 9.15 Å². The molecule has 0 unspecified atom stereocenters. The Kier molecular flexibility index (Phi) is 5.17. The fourth-order valence-electron chi connectivity index (χ4n) is 1.05. The number of nitrogens with zero attached hydrogens (tertiary/aromatic N) is 2. The fourth-order valence-corrected chi connectivity index (χ4v) is 1.05. The Morgan fingerprint density at radius 1 is 1.36 bits per heavy atom. The second-order valence-electron chi connectivity index (χ2n) is 2.93. The summed E-state index contributed by atoms with van der Waals surface area (Å²) < 4.78 is 10.5. The summed E-state index contributed by atoms with van der Waals surface area (Å²) in [5.41, 5.74) is 0. The maximum atomic E-state index is 5.36. The second kappa shape index (κ2) is 6.50. The van der Waals surface area contributed by atoms with E-state index < -0.39 is 0 Å². The standard InChI is InChI=1S/C9H17N3O2/c1-3-13-7-9-12-11-8(14-9)5-4-6-10-2/h10H,3-7H2,1-2H3. The highest BCUT2D eigenvalue weighted by Gasteiger charge is 2.04. The lowest BCUT2D eigenvalue weighted by molar-refractivity contribution is 0.113. The van der Waals surface area contributed by atoms with Crippen molar-refractivity contribution >= 4 is 0 Å². The van der Waals surface area contributed by atoms with Gasteiger partial charge in [-0.1, -0.05) is 0 Å². The largest absolute Gasteiger partial charge is 0.423 e. The number of hydrogen-bond acceptors (Lipinski definition) is 5. The van der Waals surface area contributed by atoms with Crippen LogP contribution in [0, 0.1) is 0 Å². The van der Waals surface area contributed by atoms with Gasteiger partial charge in [-0.05, 0) is 26.9 Å². The van der Waals surface area contributed by atoms with E-state index in [1.165, 1.54) is 0 Å². The molecule has 1 aromatic rings. The van der Waals surface area contributed by atoms with E-state index >= 15 is 0 Å². The van der Waals surface area contributed by atoms with E-state index in [9.17, 15) is 0 Å². The van der Waals surface area contributed by atoms with Gasteiger partial charge in [-0.3, -0.25) is 0 Å². The third-order valence-corrected chi connectivity index (χ3v) is 1.76. The molecule has 1 aromatic heterocycles. The smallest absolute Gasteiger partial charge is 0.242 e.